The van der Waals surface area contributed by atoms with Crippen LogP contribution in [0.3, 0.4) is 0 Å². The van der Waals surface area contributed by atoms with Gasteiger partial charge in [0, 0.05) is 11.4 Å². The molecule has 0 aromatic heterocycles. The van der Waals surface area contributed by atoms with Gasteiger partial charge >= 0.3 is 11.9 Å². The molecule has 0 aliphatic heterocycles. The minimum absolute atomic E-state index is 0.284. The van der Waals surface area contributed by atoms with Crippen LogP contribution in [0.5, 0.6) is 0 Å². The summed E-state index contributed by atoms with van der Waals surface area (Å²) in [5, 5.41) is 5.78. The molecule has 3 aromatic rings. The van der Waals surface area contributed by atoms with E-state index >= 15 is 0 Å². The molecule has 158 valence electrons. The summed E-state index contributed by atoms with van der Waals surface area (Å²) >= 11 is 0. The molecule has 3 aromatic carbocycles. The van der Waals surface area contributed by atoms with Crippen molar-refractivity contribution >= 4 is 34.9 Å². The molecule has 7 heteroatoms. The van der Waals surface area contributed by atoms with Crippen molar-refractivity contribution in [2.75, 3.05) is 23.8 Å². The van der Waals surface area contributed by atoms with E-state index in [1.54, 1.807) is 55.5 Å². The molecule has 0 aliphatic carbocycles. The van der Waals surface area contributed by atoms with E-state index < -0.39 is 24.5 Å². The third-order valence-corrected chi connectivity index (χ3v) is 4.21. The van der Waals surface area contributed by atoms with Crippen molar-refractivity contribution in [1.82, 2.24) is 0 Å². The van der Waals surface area contributed by atoms with E-state index in [1.165, 1.54) is 0 Å². The highest BCUT2D eigenvalue weighted by atomic mass is 16.5. The van der Waals surface area contributed by atoms with Crippen molar-refractivity contribution in [3.63, 3.8) is 0 Å². The van der Waals surface area contributed by atoms with E-state index in [0.29, 0.717) is 22.5 Å². The van der Waals surface area contributed by atoms with Gasteiger partial charge in [0.1, 0.15) is 0 Å². The molecule has 0 heterocycles. The zero-order chi connectivity index (χ0) is 22.1. The molecule has 31 heavy (non-hydrogen) atoms. The third kappa shape index (κ3) is 6.17. The maximum absolute atomic E-state index is 12.5. The van der Waals surface area contributed by atoms with Crippen LogP contribution in [-0.4, -0.2) is 31.1 Å². The maximum Gasteiger partial charge on any atom is 0.340 e. The summed E-state index contributed by atoms with van der Waals surface area (Å²) < 4.78 is 10.1. The number of anilines is 3. The average Bonchev–Trinajstić information content (AvgIpc) is 2.79. The van der Waals surface area contributed by atoms with E-state index in [1.807, 2.05) is 30.3 Å². The molecule has 0 radical (unpaired) electrons. The predicted molar refractivity (Wildman–Crippen MR) is 117 cm³/mol. The SMILES string of the molecule is CCOC(=O)c1ccc(NC(=O)COC(=O)c2ccccc2Nc2ccccc2)cc1. The zero-order valence-electron chi connectivity index (χ0n) is 17.0. The Morgan fingerprint density at radius 2 is 1.42 bits per heavy atom. The second-order valence-corrected chi connectivity index (χ2v) is 6.46. The van der Waals surface area contributed by atoms with Gasteiger partial charge in [-0.2, -0.15) is 0 Å². The predicted octanol–water partition coefficient (Wildman–Crippen LogP) is 4.40. The van der Waals surface area contributed by atoms with Gasteiger partial charge in [-0.1, -0.05) is 30.3 Å². The van der Waals surface area contributed by atoms with Crippen molar-refractivity contribution < 1.29 is 23.9 Å². The van der Waals surface area contributed by atoms with Crippen LogP contribution in [0, 0.1) is 0 Å². The molecule has 1 amide bonds. The number of rotatable bonds is 8. The Bertz CT molecular complexity index is 1050. The van der Waals surface area contributed by atoms with E-state index in [-0.39, 0.29) is 6.61 Å². The zero-order valence-corrected chi connectivity index (χ0v) is 17.0. The number of para-hydroxylation sites is 2. The number of benzene rings is 3. The van der Waals surface area contributed by atoms with Gasteiger partial charge in [0.15, 0.2) is 6.61 Å². The Hall–Kier alpha value is -4.13. The summed E-state index contributed by atoms with van der Waals surface area (Å²) in [4.78, 5) is 36.3. The van der Waals surface area contributed by atoms with Gasteiger partial charge in [0.2, 0.25) is 0 Å². The molecule has 0 saturated carbocycles. The first kappa shape index (κ1) is 21.6. The molecule has 7 nitrogen and oxygen atoms in total. The van der Waals surface area contributed by atoms with Gasteiger partial charge in [-0.15, -0.1) is 0 Å². The fourth-order valence-corrected chi connectivity index (χ4v) is 2.76. The molecule has 0 bridgehead atoms. The van der Waals surface area contributed by atoms with Gasteiger partial charge in [-0.3, -0.25) is 4.79 Å². The van der Waals surface area contributed by atoms with Crippen molar-refractivity contribution in [2.24, 2.45) is 0 Å². The summed E-state index contributed by atoms with van der Waals surface area (Å²) in [6.07, 6.45) is 0. The monoisotopic (exact) mass is 418 g/mol. The molecule has 0 atom stereocenters. The summed E-state index contributed by atoms with van der Waals surface area (Å²) in [5.74, 6) is -1.55. The highest BCUT2D eigenvalue weighted by Crippen LogP contribution is 2.21. The number of carbonyl (C=O) groups is 3. The first-order valence-electron chi connectivity index (χ1n) is 9.72. The number of hydrogen-bond donors (Lipinski definition) is 2. The lowest BCUT2D eigenvalue weighted by atomic mass is 10.1. The lowest BCUT2D eigenvalue weighted by Crippen LogP contribution is -2.21. The molecule has 0 aliphatic rings. The molecule has 0 fully saturated rings. The quantitative estimate of drug-likeness (QED) is 0.527. The van der Waals surface area contributed by atoms with Crippen molar-refractivity contribution in [1.29, 1.82) is 0 Å². The fourth-order valence-electron chi connectivity index (χ4n) is 2.76. The Kier molecular flexibility index (Phi) is 7.37. The number of ether oxygens (including phenoxy) is 2. The minimum Gasteiger partial charge on any atom is -0.462 e. The molecule has 2 N–H and O–H groups in total. The van der Waals surface area contributed by atoms with Gasteiger partial charge in [-0.25, -0.2) is 9.59 Å². The number of amides is 1. The van der Waals surface area contributed by atoms with Crippen LogP contribution in [-0.2, 0) is 14.3 Å². The van der Waals surface area contributed by atoms with E-state index in [4.69, 9.17) is 9.47 Å². The number of esters is 2. The Balaban J connectivity index is 1.56. The van der Waals surface area contributed by atoms with Gasteiger partial charge in [0.05, 0.1) is 23.4 Å². The second-order valence-electron chi connectivity index (χ2n) is 6.46. The standard InChI is InChI=1S/C24H22N2O5/c1-2-30-23(28)17-12-14-19(15-13-17)26-22(27)16-31-24(29)20-10-6-7-11-21(20)25-18-8-4-3-5-9-18/h3-15,25H,2,16H2,1H3,(H,26,27). The molecule has 3 rings (SSSR count). The van der Waals surface area contributed by atoms with Crippen molar-refractivity contribution in [3.8, 4) is 0 Å². The van der Waals surface area contributed by atoms with Gasteiger partial charge < -0.3 is 20.1 Å². The molecule has 0 spiro atoms. The Labute approximate surface area is 180 Å². The number of nitrogens with one attached hydrogen (secondary N) is 2. The van der Waals surface area contributed by atoms with Crippen molar-refractivity contribution in [3.05, 3.63) is 90.0 Å². The van der Waals surface area contributed by atoms with Crippen LogP contribution in [0.2, 0.25) is 0 Å². The van der Waals surface area contributed by atoms with Crippen LogP contribution < -0.4 is 10.6 Å². The summed E-state index contributed by atoms with van der Waals surface area (Å²) in [5.41, 5.74) is 2.58. The maximum atomic E-state index is 12.5. The van der Waals surface area contributed by atoms with E-state index in [2.05, 4.69) is 10.6 Å². The Morgan fingerprint density at radius 3 is 2.13 bits per heavy atom. The van der Waals surface area contributed by atoms with Gasteiger partial charge in [0.25, 0.3) is 5.91 Å². The largest absolute Gasteiger partial charge is 0.462 e. The first-order valence-corrected chi connectivity index (χ1v) is 9.72. The molecular formula is C24H22N2O5. The number of hydrogen-bond acceptors (Lipinski definition) is 6. The lowest BCUT2D eigenvalue weighted by molar-refractivity contribution is -0.119. The van der Waals surface area contributed by atoms with Crippen LogP contribution >= 0.6 is 0 Å². The smallest absolute Gasteiger partial charge is 0.340 e. The third-order valence-electron chi connectivity index (χ3n) is 4.21. The molecule has 0 saturated heterocycles. The van der Waals surface area contributed by atoms with E-state index in [9.17, 15) is 14.4 Å². The normalized spacial score (nSPS) is 10.1. The Morgan fingerprint density at radius 1 is 0.742 bits per heavy atom. The summed E-state index contributed by atoms with van der Waals surface area (Å²) in [7, 11) is 0. The minimum atomic E-state index is -0.619. The average molecular weight is 418 g/mol. The van der Waals surface area contributed by atoms with Crippen LogP contribution in [0.25, 0.3) is 0 Å². The highest BCUT2D eigenvalue weighted by molar-refractivity contribution is 5.99. The summed E-state index contributed by atoms with van der Waals surface area (Å²) in [6, 6.07) is 22.6. The molecular weight excluding hydrogens is 396 g/mol. The topological polar surface area (TPSA) is 93.7 Å². The summed E-state index contributed by atoms with van der Waals surface area (Å²) in [6.45, 7) is 1.56. The molecule has 0 unspecified atom stereocenters. The lowest BCUT2D eigenvalue weighted by Gasteiger charge is -2.12. The van der Waals surface area contributed by atoms with Gasteiger partial charge in [-0.05, 0) is 55.5 Å². The second kappa shape index (κ2) is 10.6. The van der Waals surface area contributed by atoms with E-state index in [0.717, 1.165) is 5.69 Å². The van der Waals surface area contributed by atoms with Crippen LogP contribution in [0.1, 0.15) is 27.6 Å². The van der Waals surface area contributed by atoms with Crippen molar-refractivity contribution in [2.45, 2.75) is 6.92 Å². The van der Waals surface area contributed by atoms with Crippen LogP contribution in [0.15, 0.2) is 78.9 Å². The number of carbonyl (C=O) groups excluding carboxylic acids is 3. The van der Waals surface area contributed by atoms with Crippen LogP contribution in [0.4, 0.5) is 17.1 Å². The first-order chi connectivity index (χ1) is 15.1. The highest BCUT2D eigenvalue weighted by Gasteiger charge is 2.15. The fraction of sp³-hybridized carbons (Fsp3) is 0.125.